The van der Waals surface area contributed by atoms with Crippen LogP contribution in [0.5, 0.6) is 0 Å². The van der Waals surface area contributed by atoms with Crippen LogP contribution in [0.1, 0.15) is 5.56 Å². The van der Waals surface area contributed by atoms with E-state index in [1.807, 2.05) is 25.1 Å². The predicted molar refractivity (Wildman–Crippen MR) is 119 cm³/mol. The van der Waals surface area contributed by atoms with Crippen LogP contribution in [0.4, 0.5) is 9.52 Å². The molecule has 0 spiro atoms. The molecule has 4 N–H and O–H groups in total. The number of pyridine rings is 1. The summed E-state index contributed by atoms with van der Waals surface area (Å²) in [5.41, 5.74) is 14.7. The van der Waals surface area contributed by atoms with E-state index in [0.29, 0.717) is 17.3 Å². The maximum Gasteiger partial charge on any atom is 0.351 e. The number of aryl methyl sites for hydroxylation is 1. The monoisotopic (exact) mass is 447 g/mol. The van der Waals surface area contributed by atoms with E-state index in [9.17, 15) is 9.18 Å². The van der Waals surface area contributed by atoms with E-state index in [4.69, 9.17) is 11.5 Å². The highest BCUT2D eigenvalue weighted by molar-refractivity contribution is 7.22. The standard InChI is InChI=1S/C19H18FN7OS.ClH/c1-11-4-17(26-10-24-27(19(26)28)9-12(6-20)7-21)23-8-14(11)13-2-3-16-15(5-13)25-18(22)29-16;/h2-6,8,10H,7,9,21H2,1H3,(H2,22,25);1H/b12-6+;. The number of hydrogen-bond donors (Lipinski definition) is 2. The fraction of sp³-hybridized carbons (Fsp3) is 0.158. The summed E-state index contributed by atoms with van der Waals surface area (Å²) in [5.74, 6) is 0.431. The quantitative estimate of drug-likeness (QED) is 0.485. The number of nitrogens with two attached hydrogens (primary N) is 2. The Hall–Kier alpha value is -3.08. The molecule has 0 saturated heterocycles. The lowest BCUT2D eigenvalue weighted by Gasteiger charge is -2.08. The Labute approximate surface area is 181 Å². The summed E-state index contributed by atoms with van der Waals surface area (Å²) in [6.07, 6.45) is 3.47. The molecule has 8 nitrogen and oxygen atoms in total. The molecule has 0 atom stereocenters. The van der Waals surface area contributed by atoms with E-state index in [1.165, 1.54) is 22.2 Å². The lowest BCUT2D eigenvalue weighted by molar-refractivity contribution is 0.612. The van der Waals surface area contributed by atoms with Gasteiger partial charge in [0.25, 0.3) is 0 Å². The lowest BCUT2D eigenvalue weighted by atomic mass is 10.0. The van der Waals surface area contributed by atoms with Gasteiger partial charge in [0, 0.05) is 18.3 Å². The number of hydrogen-bond acceptors (Lipinski definition) is 7. The van der Waals surface area contributed by atoms with Crippen molar-refractivity contribution in [2.24, 2.45) is 5.73 Å². The predicted octanol–water partition coefficient (Wildman–Crippen LogP) is 2.83. The van der Waals surface area contributed by atoms with Crippen LogP contribution in [0.2, 0.25) is 0 Å². The van der Waals surface area contributed by atoms with Crippen LogP contribution in [0, 0.1) is 6.92 Å². The summed E-state index contributed by atoms with van der Waals surface area (Å²) in [4.78, 5) is 21.3. The normalized spacial score (nSPS) is 11.6. The molecule has 0 aliphatic heterocycles. The summed E-state index contributed by atoms with van der Waals surface area (Å²) in [6, 6.07) is 7.74. The molecule has 4 rings (SSSR count). The molecule has 0 fully saturated rings. The number of halogens is 2. The molecule has 30 heavy (non-hydrogen) atoms. The summed E-state index contributed by atoms with van der Waals surface area (Å²) in [6.45, 7) is 1.94. The number of benzene rings is 1. The van der Waals surface area contributed by atoms with Gasteiger partial charge in [0.15, 0.2) is 5.13 Å². The highest BCUT2D eigenvalue weighted by Gasteiger charge is 2.12. The van der Waals surface area contributed by atoms with Crippen molar-refractivity contribution in [2.45, 2.75) is 13.5 Å². The third kappa shape index (κ3) is 3.97. The second-order valence-corrected chi connectivity index (χ2v) is 7.57. The smallest absolute Gasteiger partial charge is 0.351 e. The Balaban J connectivity index is 0.00000256. The average molecular weight is 448 g/mol. The van der Waals surface area contributed by atoms with Crippen LogP contribution in [0.15, 0.2) is 53.5 Å². The Bertz CT molecular complexity index is 1290. The molecule has 0 amide bonds. The molecule has 1 aromatic carbocycles. The number of anilines is 1. The number of aromatic nitrogens is 5. The summed E-state index contributed by atoms with van der Waals surface area (Å²) >= 11 is 1.44. The van der Waals surface area contributed by atoms with Crippen molar-refractivity contribution in [1.29, 1.82) is 0 Å². The van der Waals surface area contributed by atoms with Crippen molar-refractivity contribution in [1.82, 2.24) is 24.3 Å². The molecular weight excluding hydrogens is 429 g/mol. The van der Waals surface area contributed by atoms with Gasteiger partial charge in [0.1, 0.15) is 12.1 Å². The van der Waals surface area contributed by atoms with E-state index in [-0.39, 0.29) is 31.1 Å². The third-order valence-corrected chi connectivity index (χ3v) is 5.43. The van der Waals surface area contributed by atoms with Crippen molar-refractivity contribution in [3.8, 4) is 16.9 Å². The number of thiazole rings is 1. The Morgan fingerprint density at radius 1 is 1.33 bits per heavy atom. The Morgan fingerprint density at radius 2 is 2.13 bits per heavy atom. The van der Waals surface area contributed by atoms with Crippen LogP contribution in [0.25, 0.3) is 27.2 Å². The van der Waals surface area contributed by atoms with Crippen molar-refractivity contribution in [2.75, 3.05) is 12.3 Å². The fourth-order valence-electron chi connectivity index (χ4n) is 3.03. The second kappa shape index (κ2) is 8.74. The molecule has 0 aliphatic carbocycles. The van der Waals surface area contributed by atoms with Crippen LogP contribution in [-0.2, 0) is 6.54 Å². The summed E-state index contributed by atoms with van der Waals surface area (Å²) < 4.78 is 16.2. The van der Waals surface area contributed by atoms with Gasteiger partial charge in [-0.15, -0.1) is 12.4 Å². The lowest BCUT2D eigenvalue weighted by Crippen LogP contribution is -2.26. The highest BCUT2D eigenvalue weighted by Crippen LogP contribution is 2.30. The molecule has 0 aliphatic rings. The van der Waals surface area contributed by atoms with E-state index >= 15 is 0 Å². The number of rotatable bonds is 5. The number of nitrogens with zero attached hydrogens (tertiary/aromatic N) is 5. The topological polar surface area (TPSA) is 118 Å². The molecule has 0 saturated carbocycles. The first kappa shape index (κ1) is 21.6. The molecule has 0 unspecified atom stereocenters. The van der Waals surface area contributed by atoms with Gasteiger partial charge in [-0.2, -0.15) is 5.10 Å². The minimum absolute atomic E-state index is 0. The van der Waals surface area contributed by atoms with Gasteiger partial charge < -0.3 is 11.5 Å². The van der Waals surface area contributed by atoms with Gasteiger partial charge in [-0.25, -0.2) is 28.4 Å². The molecule has 3 heterocycles. The zero-order valence-corrected chi connectivity index (χ0v) is 17.6. The van der Waals surface area contributed by atoms with E-state index < -0.39 is 5.69 Å². The zero-order chi connectivity index (χ0) is 20.5. The fourth-order valence-corrected chi connectivity index (χ4v) is 3.74. The van der Waals surface area contributed by atoms with Gasteiger partial charge in [0.05, 0.1) is 23.1 Å². The minimum atomic E-state index is -0.420. The van der Waals surface area contributed by atoms with Gasteiger partial charge >= 0.3 is 5.69 Å². The molecule has 0 radical (unpaired) electrons. The van der Waals surface area contributed by atoms with Gasteiger partial charge in [-0.05, 0) is 41.8 Å². The molecule has 3 aromatic heterocycles. The summed E-state index contributed by atoms with van der Waals surface area (Å²) in [7, 11) is 0. The van der Waals surface area contributed by atoms with Crippen LogP contribution >= 0.6 is 23.7 Å². The van der Waals surface area contributed by atoms with Crippen LogP contribution in [0.3, 0.4) is 0 Å². The molecular formula is C19H19ClFN7OS. The van der Waals surface area contributed by atoms with E-state index in [2.05, 4.69) is 15.1 Å². The second-order valence-electron chi connectivity index (χ2n) is 6.50. The summed E-state index contributed by atoms with van der Waals surface area (Å²) in [5, 5.41) is 4.55. The maximum absolute atomic E-state index is 12.7. The molecule has 11 heteroatoms. The van der Waals surface area contributed by atoms with Crippen molar-refractivity contribution < 1.29 is 4.39 Å². The van der Waals surface area contributed by atoms with E-state index in [1.54, 1.807) is 12.3 Å². The average Bonchev–Trinajstić information content (AvgIpc) is 3.26. The third-order valence-electron chi connectivity index (χ3n) is 4.56. The van der Waals surface area contributed by atoms with Gasteiger partial charge in [0.2, 0.25) is 0 Å². The first-order chi connectivity index (χ1) is 14.0. The Kier molecular flexibility index (Phi) is 6.30. The van der Waals surface area contributed by atoms with Crippen LogP contribution in [-0.4, -0.2) is 30.9 Å². The minimum Gasteiger partial charge on any atom is -0.375 e. The van der Waals surface area contributed by atoms with E-state index in [0.717, 1.165) is 31.6 Å². The van der Waals surface area contributed by atoms with Crippen molar-refractivity contribution in [3.63, 3.8) is 0 Å². The first-order valence-corrected chi connectivity index (χ1v) is 9.58. The van der Waals surface area contributed by atoms with Gasteiger partial charge in [-0.1, -0.05) is 17.4 Å². The highest BCUT2D eigenvalue weighted by atomic mass is 35.5. The Morgan fingerprint density at radius 3 is 2.83 bits per heavy atom. The molecule has 156 valence electrons. The SMILES string of the molecule is Cc1cc(-n2cnn(C/C(=C/F)CN)c2=O)ncc1-c1ccc2sc(N)nc2c1.Cl. The molecule has 4 aromatic rings. The zero-order valence-electron chi connectivity index (χ0n) is 15.9. The number of fused-ring (bicyclic) bond motifs is 1. The van der Waals surface area contributed by atoms with Crippen LogP contribution < -0.4 is 17.2 Å². The van der Waals surface area contributed by atoms with Crippen molar-refractivity contribution in [3.05, 3.63) is 64.7 Å². The number of nitrogen functional groups attached to an aromatic ring is 1. The van der Waals surface area contributed by atoms with Crippen molar-refractivity contribution >= 4 is 39.1 Å². The largest absolute Gasteiger partial charge is 0.375 e. The molecule has 0 bridgehead atoms. The maximum atomic E-state index is 12.7. The first-order valence-electron chi connectivity index (χ1n) is 8.76. The van der Waals surface area contributed by atoms with Gasteiger partial charge in [-0.3, -0.25) is 0 Å².